The van der Waals surface area contributed by atoms with E-state index in [4.69, 9.17) is 16.3 Å². The van der Waals surface area contributed by atoms with Crippen molar-refractivity contribution in [3.05, 3.63) is 62.5 Å². The predicted octanol–water partition coefficient (Wildman–Crippen LogP) is 4.21. The van der Waals surface area contributed by atoms with Crippen molar-refractivity contribution >= 4 is 40.7 Å². The van der Waals surface area contributed by atoms with Crippen LogP contribution in [0.2, 0.25) is 5.02 Å². The monoisotopic (exact) mass is 580 g/mol. The summed E-state index contributed by atoms with van der Waals surface area (Å²) in [5, 5.41) is 14.7. The van der Waals surface area contributed by atoms with Crippen LogP contribution in [-0.4, -0.2) is 69.8 Å². The second-order valence-electron chi connectivity index (χ2n) is 10.4. The molecule has 4 heterocycles. The van der Waals surface area contributed by atoms with E-state index in [9.17, 15) is 19.1 Å². The van der Waals surface area contributed by atoms with Gasteiger partial charge in [-0.15, -0.1) is 11.3 Å². The number of hydrogen-bond donors (Lipinski definition) is 2. The molecule has 3 unspecified atom stereocenters. The minimum Gasteiger partial charge on any atom is -0.481 e. The highest BCUT2D eigenvalue weighted by Crippen LogP contribution is 2.70. The molecule has 3 aliphatic heterocycles. The number of carboxylic acid groups (broad SMARTS) is 1. The van der Waals surface area contributed by atoms with E-state index >= 15 is 8.78 Å². The molecule has 6 rings (SSSR count). The number of aliphatic carboxylic acids is 1. The van der Waals surface area contributed by atoms with Crippen molar-refractivity contribution in [3.8, 4) is 0 Å². The molecular weight excluding hydrogens is 557 g/mol. The van der Waals surface area contributed by atoms with Crippen LogP contribution in [0.5, 0.6) is 0 Å². The molecule has 2 N–H and O–H groups in total. The summed E-state index contributed by atoms with van der Waals surface area (Å²) in [6.07, 6.45) is 1.58. The summed E-state index contributed by atoms with van der Waals surface area (Å²) in [5.74, 6) is -2.33. The third kappa shape index (κ3) is 4.15. The van der Waals surface area contributed by atoms with E-state index in [2.05, 4.69) is 15.3 Å². The van der Waals surface area contributed by atoms with Gasteiger partial charge in [0.25, 0.3) is 0 Å². The van der Waals surface area contributed by atoms with Gasteiger partial charge in [-0.3, -0.25) is 14.7 Å². The van der Waals surface area contributed by atoms with Gasteiger partial charge < -0.3 is 15.2 Å². The lowest BCUT2D eigenvalue weighted by molar-refractivity contribution is -0.139. The van der Waals surface area contributed by atoms with E-state index in [-0.39, 0.29) is 48.7 Å². The Kier molecular flexibility index (Phi) is 6.27. The fraction of sp³-hybridized carbons (Fsp3) is 0.462. The first-order valence-corrected chi connectivity index (χ1v) is 13.7. The zero-order valence-corrected chi connectivity index (χ0v) is 22.2. The highest BCUT2D eigenvalue weighted by molar-refractivity contribution is 7.11. The summed E-state index contributed by atoms with van der Waals surface area (Å²) in [6, 6.07) is 1.04. The van der Waals surface area contributed by atoms with Crippen LogP contribution in [0.15, 0.2) is 46.0 Å². The maximum Gasteiger partial charge on any atom is 0.338 e. The number of carbonyl (C=O) groups excluding carboxylic acids is 1. The molecule has 2 aromatic rings. The van der Waals surface area contributed by atoms with Gasteiger partial charge in [-0.05, 0) is 30.9 Å². The van der Waals surface area contributed by atoms with Gasteiger partial charge in [-0.25, -0.2) is 22.9 Å². The quantitative estimate of drug-likeness (QED) is 0.473. The number of halogens is 4. The van der Waals surface area contributed by atoms with Crippen molar-refractivity contribution < 1.29 is 32.6 Å². The van der Waals surface area contributed by atoms with Crippen LogP contribution in [0.25, 0.3) is 0 Å². The zero-order chi connectivity index (χ0) is 27.7. The number of piperidine rings is 2. The minimum absolute atomic E-state index is 0.0450. The molecule has 8 nitrogen and oxygen atoms in total. The number of carboxylic acids is 1. The molecular formula is C26H24ClF3N4O4S. The summed E-state index contributed by atoms with van der Waals surface area (Å²) in [6.45, 7) is -0.0450. The Morgan fingerprint density at radius 2 is 2.00 bits per heavy atom. The van der Waals surface area contributed by atoms with Crippen molar-refractivity contribution in [3.63, 3.8) is 0 Å². The number of hydrogen-bond acceptors (Lipinski definition) is 8. The van der Waals surface area contributed by atoms with Crippen LogP contribution in [0.3, 0.4) is 0 Å². The number of amidine groups is 1. The van der Waals surface area contributed by atoms with Gasteiger partial charge in [-0.1, -0.05) is 17.7 Å². The highest BCUT2D eigenvalue weighted by atomic mass is 35.5. The molecule has 0 amide bonds. The standard InChI is InChI=1S/C26H24ClF3N4O4S/c1-38-24(37)20-16(10-34-17-6-12(8-19(35)36)7-18(34)26(30)11-25(17,26)29)32-22(23-31-4-5-39-23)33-21(20)14-3-2-13(28)9-15(14)27/h2-5,9,12,17-18,21H,6-8,10-11H2,1H3,(H,32,33)(H,35,36)/t12?,17-,18+,21-,25?,26?/m0/s1. The maximum atomic E-state index is 15.8. The number of esters is 1. The topological polar surface area (TPSA) is 104 Å². The molecule has 2 bridgehead atoms. The van der Waals surface area contributed by atoms with Gasteiger partial charge in [0.2, 0.25) is 0 Å². The van der Waals surface area contributed by atoms with Crippen molar-refractivity contribution in [2.75, 3.05) is 13.7 Å². The number of aromatic nitrogens is 1. The first kappa shape index (κ1) is 26.3. The van der Waals surface area contributed by atoms with Gasteiger partial charge in [0.1, 0.15) is 11.9 Å². The number of benzene rings is 1. The number of fused-ring (bicyclic) bond motifs is 5. The molecule has 1 aromatic carbocycles. The van der Waals surface area contributed by atoms with E-state index < -0.39 is 47.2 Å². The number of alkyl halides is 2. The average molecular weight is 581 g/mol. The van der Waals surface area contributed by atoms with E-state index in [1.165, 1.54) is 30.6 Å². The SMILES string of the molecule is COC(=O)C1=C(CN2[C@H]3CC(CC(=O)O)C[C@@H]2C2(F)CC32F)NC(c2nccs2)=N[C@H]1c1ccc(F)cc1Cl. The molecule has 13 heteroatoms. The number of aliphatic imine (C=N–C) groups is 1. The first-order valence-electron chi connectivity index (χ1n) is 12.4. The minimum atomic E-state index is -2.07. The lowest BCUT2D eigenvalue weighted by atomic mass is 9.84. The fourth-order valence-electron chi connectivity index (χ4n) is 6.52. The van der Waals surface area contributed by atoms with Gasteiger partial charge in [0.15, 0.2) is 22.2 Å². The molecule has 2 saturated heterocycles. The van der Waals surface area contributed by atoms with Gasteiger partial charge >= 0.3 is 11.9 Å². The molecule has 1 saturated carbocycles. The van der Waals surface area contributed by atoms with Crippen LogP contribution in [0, 0.1) is 11.7 Å². The predicted molar refractivity (Wildman–Crippen MR) is 137 cm³/mol. The Bertz CT molecular complexity index is 1400. The molecule has 4 aliphatic rings. The second kappa shape index (κ2) is 9.31. The van der Waals surface area contributed by atoms with Crippen molar-refractivity contribution in [2.45, 2.75) is 55.1 Å². The number of ether oxygens (including phenoxy) is 1. The molecule has 3 fully saturated rings. The molecule has 1 aromatic heterocycles. The number of methoxy groups -OCH3 is 1. The molecule has 206 valence electrons. The normalized spacial score (nSPS) is 33.3. The summed E-state index contributed by atoms with van der Waals surface area (Å²) >= 11 is 7.69. The van der Waals surface area contributed by atoms with E-state index in [1.807, 2.05) is 0 Å². The third-order valence-corrected chi connectivity index (χ3v) is 9.39. The highest BCUT2D eigenvalue weighted by Gasteiger charge is 2.85. The lowest BCUT2D eigenvalue weighted by Gasteiger charge is -2.42. The van der Waals surface area contributed by atoms with Crippen LogP contribution in [0.4, 0.5) is 13.2 Å². The Hall–Kier alpha value is -2.96. The summed E-state index contributed by atoms with van der Waals surface area (Å²) < 4.78 is 50.6. The molecule has 6 atom stereocenters. The largest absolute Gasteiger partial charge is 0.481 e. The summed E-state index contributed by atoms with van der Waals surface area (Å²) in [7, 11) is 1.21. The first-order chi connectivity index (χ1) is 18.6. The second-order valence-corrected chi connectivity index (χ2v) is 11.7. The smallest absolute Gasteiger partial charge is 0.338 e. The van der Waals surface area contributed by atoms with Crippen LogP contribution < -0.4 is 5.32 Å². The zero-order valence-electron chi connectivity index (χ0n) is 20.7. The van der Waals surface area contributed by atoms with E-state index in [0.29, 0.717) is 22.1 Å². The molecule has 0 spiro atoms. The fourth-order valence-corrected chi connectivity index (χ4v) is 7.38. The number of nitrogens with zero attached hydrogens (tertiary/aromatic N) is 3. The van der Waals surface area contributed by atoms with Gasteiger partial charge in [0, 0.05) is 59.3 Å². The van der Waals surface area contributed by atoms with Crippen molar-refractivity contribution in [1.29, 1.82) is 0 Å². The maximum absolute atomic E-state index is 15.8. The number of rotatable bonds is 7. The van der Waals surface area contributed by atoms with Crippen LogP contribution >= 0.6 is 22.9 Å². The van der Waals surface area contributed by atoms with Gasteiger partial charge in [0.05, 0.1) is 12.7 Å². The Balaban J connectivity index is 1.42. The van der Waals surface area contributed by atoms with Crippen LogP contribution in [-0.2, 0) is 14.3 Å². The van der Waals surface area contributed by atoms with E-state index in [1.54, 1.807) is 16.5 Å². The van der Waals surface area contributed by atoms with Crippen molar-refractivity contribution in [2.24, 2.45) is 10.9 Å². The average Bonchev–Trinajstić information content (AvgIpc) is 3.18. The molecule has 0 radical (unpaired) electrons. The van der Waals surface area contributed by atoms with Crippen molar-refractivity contribution in [1.82, 2.24) is 15.2 Å². The molecule has 39 heavy (non-hydrogen) atoms. The number of nitrogens with one attached hydrogen (secondary N) is 1. The summed E-state index contributed by atoms with van der Waals surface area (Å²) in [4.78, 5) is 35.2. The third-order valence-electron chi connectivity index (χ3n) is 8.28. The number of carbonyl (C=O) groups is 2. The summed E-state index contributed by atoms with van der Waals surface area (Å²) in [5.41, 5.74) is -3.41. The molecule has 1 aliphatic carbocycles. The Labute approximate surface area is 230 Å². The van der Waals surface area contributed by atoms with Crippen LogP contribution in [0.1, 0.15) is 42.3 Å². The number of thiazole rings is 1. The van der Waals surface area contributed by atoms with Gasteiger partial charge in [-0.2, -0.15) is 0 Å². The Morgan fingerprint density at radius 3 is 2.59 bits per heavy atom. The van der Waals surface area contributed by atoms with E-state index in [0.717, 1.165) is 6.07 Å². The Morgan fingerprint density at radius 1 is 1.28 bits per heavy atom. The lowest BCUT2D eigenvalue weighted by Crippen LogP contribution is -2.52.